The first-order chi connectivity index (χ1) is 18.9. The van der Waals surface area contributed by atoms with Gasteiger partial charge in [-0.15, -0.1) is 0 Å². The first-order valence-corrected chi connectivity index (χ1v) is 12.3. The minimum absolute atomic E-state index is 0.0701. The van der Waals surface area contributed by atoms with Crippen molar-refractivity contribution in [1.29, 1.82) is 0 Å². The predicted octanol–water partition coefficient (Wildman–Crippen LogP) is 5.13. The van der Waals surface area contributed by atoms with Gasteiger partial charge in [-0.3, -0.25) is 14.6 Å². The fraction of sp³-hybridized carbons (Fsp3) is 0.286. The number of hydrogen-bond donors (Lipinski definition) is 0. The van der Waals surface area contributed by atoms with Gasteiger partial charge in [0.25, 0.3) is 5.91 Å². The lowest BCUT2D eigenvalue weighted by atomic mass is 9.93. The summed E-state index contributed by atoms with van der Waals surface area (Å²) >= 11 is 0. The first kappa shape index (κ1) is 27.2. The molecule has 2 atom stereocenters. The van der Waals surface area contributed by atoms with E-state index in [2.05, 4.69) is 4.98 Å². The van der Waals surface area contributed by atoms with E-state index < -0.39 is 60.5 Å². The Kier molecular flexibility index (Phi) is 6.80. The van der Waals surface area contributed by atoms with Crippen LogP contribution in [0.2, 0.25) is 0 Å². The number of benzene rings is 2. The van der Waals surface area contributed by atoms with Gasteiger partial charge in [0.2, 0.25) is 11.5 Å². The quantitative estimate of drug-likeness (QED) is 0.392. The molecule has 1 spiro atoms. The first-order valence-electron chi connectivity index (χ1n) is 12.3. The number of fused-ring (bicyclic) bond motifs is 2. The number of nitrogens with zero attached hydrogens (tertiary/aromatic N) is 3. The molecule has 1 aliphatic carbocycles. The number of hydrogen-bond acceptors (Lipinski definition) is 5. The molecule has 208 valence electrons. The molecule has 5 rings (SSSR count). The van der Waals surface area contributed by atoms with Crippen LogP contribution in [0, 0.1) is 11.6 Å². The summed E-state index contributed by atoms with van der Waals surface area (Å²) in [6.45, 7) is -0.710. The number of imide groups is 1. The van der Waals surface area contributed by atoms with Crippen molar-refractivity contribution >= 4 is 17.9 Å². The number of rotatable bonds is 6. The summed E-state index contributed by atoms with van der Waals surface area (Å²) in [5, 5.41) is 0. The van der Waals surface area contributed by atoms with Gasteiger partial charge in [-0.2, -0.15) is 13.2 Å². The van der Waals surface area contributed by atoms with E-state index in [4.69, 9.17) is 4.74 Å². The van der Waals surface area contributed by atoms with Crippen LogP contribution in [0.5, 0.6) is 0 Å². The van der Waals surface area contributed by atoms with E-state index in [9.17, 15) is 36.3 Å². The second-order valence-electron chi connectivity index (χ2n) is 9.72. The van der Waals surface area contributed by atoms with Crippen molar-refractivity contribution in [3.63, 3.8) is 0 Å². The highest BCUT2D eigenvalue weighted by atomic mass is 19.4. The van der Waals surface area contributed by atoms with Crippen LogP contribution in [0.1, 0.15) is 30.0 Å². The number of ether oxygens (including phenoxy) is 1. The number of carbonyl (C=O) groups excluding carboxylic acids is 3. The van der Waals surface area contributed by atoms with E-state index in [1.807, 2.05) is 0 Å². The van der Waals surface area contributed by atoms with Crippen molar-refractivity contribution in [3.8, 4) is 11.1 Å². The van der Waals surface area contributed by atoms with E-state index in [-0.39, 0.29) is 12.0 Å². The molecule has 0 bridgehead atoms. The third-order valence-corrected chi connectivity index (χ3v) is 7.22. The summed E-state index contributed by atoms with van der Waals surface area (Å²) in [4.78, 5) is 44.3. The molecular weight excluding hydrogens is 537 g/mol. The van der Waals surface area contributed by atoms with Crippen molar-refractivity contribution in [2.45, 2.75) is 44.1 Å². The number of alkyl halides is 3. The number of aryl methyl sites for hydroxylation is 1. The fourth-order valence-electron chi connectivity index (χ4n) is 5.03. The van der Waals surface area contributed by atoms with Crippen molar-refractivity contribution in [2.24, 2.45) is 0 Å². The van der Waals surface area contributed by atoms with Crippen LogP contribution in [0.4, 0.5) is 26.7 Å². The maximum absolute atomic E-state index is 13.6. The molecule has 2 aliphatic rings. The summed E-state index contributed by atoms with van der Waals surface area (Å²) in [6.07, 6.45) is -3.01. The third-order valence-electron chi connectivity index (χ3n) is 7.22. The second kappa shape index (κ2) is 10.00. The van der Waals surface area contributed by atoms with Crippen LogP contribution >= 0.6 is 0 Å². The Balaban J connectivity index is 1.39. The molecule has 2 heterocycles. The van der Waals surface area contributed by atoms with Gasteiger partial charge >= 0.3 is 12.3 Å². The molecule has 3 amide bonds. The van der Waals surface area contributed by atoms with E-state index >= 15 is 0 Å². The third kappa shape index (κ3) is 4.89. The topological polar surface area (TPSA) is 79.8 Å². The van der Waals surface area contributed by atoms with E-state index in [1.54, 1.807) is 18.2 Å². The molecule has 1 saturated heterocycles. The molecule has 1 aromatic heterocycles. The van der Waals surface area contributed by atoms with Crippen molar-refractivity contribution in [2.75, 3.05) is 6.54 Å². The molecule has 12 heteroatoms. The van der Waals surface area contributed by atoms with Crippen LogP contribution in [0.3, 0.4) is 0 Å². The van der Waals surface area contributed by atoms with Gasteiger partial charge in [0, 0.05) is 30.3 Å². The van der Waals surface area contributed by atoms with Crippen molar-refractivity contribution < 1.29 is 41.1 Å². The van der Waals surface area contributed by atoms with E-state index in [1.165, 1.54) is 24.4 Å². The zero-order valence-electron chi connectivity index (χ0n) is 21.0. The van der Waals surface area contributed by atoms with Gasteiger partial charge in [0.1, 0.15) is 24.2 Å². The molecule has 40 heavy (non-hydrogen) atoms. The zero-order chi connectivity index (χ0) is 28.8. The van der Waals surface area contributed by atoms with Gasteiger partial charge in [-0.1, -0.05) is 30.3 Å². The maximum atomic E-state index is 13.6. The highest BCUT2D eigenvalue weighted by molar-refractivity contribution is 6.06. The number of aromatic nitrogens is 1. The Morgan fingerprint density at radius 3 is 2.45 bits per heavy atom. The Morgan fingerprint density at radius 1 is 1.05 bits per heavy atom. The molecule has 7 nitrogen and oxygen atoms in total. The van der Waals surface area contributed by atoms with Gasteiger partial charge in [0.15, 0.2) is 0 Å². The second-order valence-corrected chi connectivity index (χ2v) is 9.72. The number of carbonyl (C=O) groups is 3. The Bertz CT molecular complexity index is 1490. The predicted molar refractivity (Wildman–Crippen MR) is 130 cm³/mol. The number of amides is 3. The average Bonchev–Trinajstić information content (AvgIpc) is 3.39. The summed E-state index contributed by atoms with van der Waals surface area (Å²) in [5.41, 5.74) is 0.699. The summed E-state index contributed by atoms with van der Waals surface area (Å²) < 4.78 is 73.3. The molecule has 3 aromatic rings. The zero-order valence-corrected chi connectivity index (χ0v) is 21.0. The fourth-order valence-corrected chi connectivity index (χ4v) is 5.03. The number of halogens is 5. The molecule has 0 saturated carbocycles. The maximum Gasteiger partial charge on any atom is 0.418 e. The standard InChI is InChI=1S/C28H22F5N3O4/c1-16(28(31,32)33)35(14-17-2-5-21(29)6-3-17)24(37)15-36-25(38)27(40-26(36)39)9-8-19-10-18(4-7-23(19)27)20-11-22(30)13-34-12-20/h2-7,10-13,16H,8-9,14-15H2,1H3/t16-,27+/m0/s1. The van der Waals surface area contributed by atoms with E-state index in [0.717, 1.165) is 25.3 Å². The summed E-state index contributed by atoms with van der Waals surface area (Å²) in [6, 6.07) is 8.55. The largest absolute Gasteiger partial charge is 0.427 e. The highest BCUT2D eigenvalue weighted by Crippen LogP contribution is 2.46. The average molecular weight is 559 g/mol. The minimum Gasteiger partial charge on any atom is -0.427 e. The van der Waals surface area contributed by atoms with Crippen molar-refractivity contribution in [1.82, 2.24) is 14.8 Å². The lowest BCUT2D eigenvalue weighted by Crippen LogP contribution is -2.51. The molecule has 0 N–H and O–H groups in total. The van der Waals surface area contributed by atoms with Crippen LogP contribution in [0.15, 0.2) is 60.9 Å². The molecule has 0 unspecified atom stereocenters. The van der Waals surface area contributed by atoms with Gasteiger partial charge in [-0.05, 0) is 48.2 Å². The smallest absolute Gasteiger partial charge is 0.418 e. The highest BCUT2D eigenvalue weighted by Gasteiger charge is 2.58. The minimum atomic E-state index is -4.80. The van der Waals surface area contributed by atoms with Crippen molar-refractivity contribution in [3.05, 3.63) is 89.2 Å². The SMILES string of the molecule is C[C@H](N(Cc1ccc(F)cc1)C(=O)CN1C(=O)O[C@@]2(CCc3cc(-c4cncc(F)c4)ccc32)C1=O)C(F)(F)F. The van der Waals surface area contributed by atoms with Crippen LogP contribution in [-0.4, -0.2) is 51.5 Å². The summed E-state index contributed by atoms with van der Waals surface area (Å²) in [7, 11) is 0. The molecule has 1 aliphatic heterocycles. The molecule has 0 radical (unpaired) electrons. The Hall–Kier alpha value is -4.35. The molecular formula is C28H22F5N3O4. The lowest BCUT2D eigenvalue weighted by Gasteiger charge is -2.31. The summed E-state index contributed by atoms with van der Waals surface area (Å²) in [5.74, 6) is -3.12. The molecule has 1 fully saturated rings. The monoisotopic (exact) mass is 559 g/mol. The normalized spacial score (nSPS) is 19.1. The van der Waals surface area contributed by atoms with Gasteiger partial charge < -0.3 is 9.64 Å². The van der Waals surface area contributed by atoms with Crippen LogP contribution in [-0.2, 0) is 32.9 Å². The molecule has 2 aromatic carbocycles. The van der Waals surface area contributed by atoms with Gasteiger partial charge in [-0.25, -0.2) is 18.5 Å². The Labute approximate surface area is 225 Å². The Morgan fingerprint density at radius 2 is 1.77 bits per heavy atom. The van der Waals surface area contributed by atoms with Gasteiger partial charge in [0.05, 0.1) is 6.20 Å². The van der Waals surface area contributed by atoms with Crippen LogP contribution in [0.25, 0.3) is 11.1 Å². The van der Waals surface area contributed by atoms with E-state index in [0.29, 0.717) is 38.5 Å². The lowest BCUT2D eigenvalue weighted by molar-refractivity contribution is -0.187. The number of pyridine rings is 1. The van der Waals surface area contributed by atoms with Crippen LogP contribution < -0.4 is 0 Å².